The molecule has 0 saturated carbocycles. The van der Waals surface area contributed by atoms with Crippen molar-refractivity contribution in [2.75, 3.05) is 0 Å². The van der Waals surface area contributed by atoms with Gasteiger partial charge in [0.15, 0.2) is 0 Å². The van der Waals surface area contributed by atoms with Gasteiger partial charge in [0.25, 0.3) is 0 Å². The molecule has 4 heteroatoms. The van der Waals surface area contributed by atoms with Crippen LogP contribution in [0.15, 0.2) is 18.5 Å². The van der Waals surface area contributed by atoms with Crippen LogP contribution in [0.25, 0.3) is 0 Å². The van der Waals surface area contributed by atoms with Gasteiger partial charge in [0.2, 0.25) is 0 Å². The number of aromatic nitrogens is 2. The molecule has 0 spiro atoms. The van der Waals surface area contributed by atoms with Crippen LogP contribution in [0.3, 0.4) is 0 Å². The van der Waals surface area contributed by atoms with Gasteiger partial charge in [-0.2, -0.15) is 0 Å². The Balaban J connectivity index is 2.17. The molecule has 1 atom stereocenters. The normalized spacial score (nSPS) is 12.7. The van der Waals surface area contributed by atoms with Crippen LogP contribution < -0.4 is 5.73 Å². The van der Waals surface area contributed by atoms with Crippen molar-refractivity contribution in [3.05, 3.63) is 45.2 Å². The Morgan fingerprint density at radius 1 is 1.35 bits per heavy atom. The maximum Gasteiger partial charge on any atom is 0.0949 e. The maximum atomic E-state index is 6.21. The highest BCUT2D eigenvalue weighted by molar-refractivity contribution is 7.11. The van der Waals surface area contributed by atoms with Crippen molar-refractivity contribution >= 4 is 11.3 Å². The SMILES string of the molecule is Cc1ccncc1C(N)Cc1nc(C)c(C)s1. The van der Waals surface area contributed by atoms with Gasteiger partial charge in [0.1, 0.15) is 0 Å². The first-order valence-corrected chi connectivity index (χ1v) is 6.48. The van der Waals surface area contributed by atoms with E-state index in [1.165, 1.54) is 10.4 Å². The summed E-state index contributed by atoms with van der Waals surface area (Å²) in [6.07, 6.45) is 4.43. The van der Waals surface area contributed by atoms with Gasteiger partial charge in [-0.1, -0.05) is 0 Å². The summed E-state index contributed by atoms with van der Waals surface area (Å²) in [6.45, 7) is 6.20. The van der Waals surface area contributed by atoms with Crippen LogP contribution in [0, 0.1) is 20.8 Å². The first-order chi connectivity index (χ1) is 8.08. The van der Waals surface area contributed by atoms with Crippen LogP contribution in [-0.2, 0) is 6.42 Å². The molecule has 0 aliphatic rings. The van der Waals surface area contributed by atoms with E-state index in [9.17, 15) is 0 Å². The zero-order valence-electron chi connectivity index (χ0n) is 10.4. The zero-order chi connectivity index (χ0) is 12.4. The minimum Gasteiger partial charge on any atom is -0.324 e. The summed E-state index contributed by atoms with van der Waals surface area (Å²) in [5.74, 6) is 0. The lowest BCUT2D eigenvalue weighted by atomic mass is 10.0. The van der Waals surface area contributed by atoms with Crippen LogP contribution in [0.1, 0.15) is 32.7 Å². The fourth-order valence-corrected chi connectivity index (χ4v) is 2.78. The van der Waals surface area contributed by atoms with Crippen molar-refractivity contribution in [2.24, 2.45) is 5.73 Å². The second kappa shape index (κ2) is 4.94. The lowest BCUT2D eigenvalue weighted by Gasteiger charge is -2.12. The monoisotopic (exact) mass is 247 g/mol. The average molecular weight is 247 g/mol. The standard InChI is InChI=1S/C13H17N3S/c1-8-4-5-15-7-11(8)12(14)6-13-16-9(2)10(3)17-13/h4-5,7,12H,6,14H2,1-3H3. The van der Waals surface area contributed by atoms with Gasteiger partial charge in [-0.15, -0.1) is 11.3 Å². The molecule has 0 aliphatic carbocycles. The van der Waals surface area contributed by atoms with Crippen molar-refractivity contribution in [2.45, 2.75) is 33.2 Å². The van der Waals surface area contributed by atoms with E-state index in [4.69, 9.17) is 5.73 Å². The van der Waals surface area contributed by atoms with Crippen molar-refractivity contribution in [3.8, 4) is 0 Å². The summed E-state index contributed by atoms with van der Waals surface area (Å²) in [5.41, 5.74) is 9.63. The van der Waals surface area contributed by atoms with E-state index >= 15 is 0 Å². The molecule has 2 aromatic heterocycles. The second-order valence-corrected chi connectivity index (χ2v) is 5.58. The largest absolute Gasteiger partial charge is 0.324 e. The van der Waals surface area contributed by atoms with Crippen molar-refractivity contribution in [1.82, 2.24) is 9.97 Å². The number of hydrogen-bond acceptors (Lipinski definition) is 4. The Kier molecular flexibility index (Phi) is 3.54. The Bertz CT molecular complexity index is 500. The predicted octanol–water partition coefficient (Wildman–Crippen LogP) is 2.71. The second-order valence-electron chi connectivity index (χ2n) is 4.29. The van der Waals surface area contributed by atoms with Gasteiger partial charge in [-0.25, -0.2) is 4.98 Å². The summed E-state index contributed by atoms with van der Waals surface area (Å²) in [7, 11) is 0. The lowest BCUT2D eigenvalue weighted by Crippen LogP contribution is -2.14. The van der Waals surface area contributed by atoms with Gasteiger partial charge in [0, 0.05) is 29.7 Å². The summed E-state index contributed by atoms with van der Waals surface area (Å²) in [4.78, 5) is 9.93. The van der Waals surface area contributed by atoms with E-state index < -0.39 is 0 Å². The van der Waals surface area contributed by atoms with E-state index in [2.05, 4.69) is 23.8 Å². The molecule has 1 unspecified atom stereocenters. The number of rotatable bonds is 3. The van der Waals surface area contributed by atoms with E-state index in [0.29, 0.717) is 0 Å². The number of hydrogen-bond donors (Lipinski definition) is 1. The number of nitrogens with zero attached hydrogens (tertiary/aromatic N) is 2. The van der Waals surface area contributed by atoms with Crippen molar-refractivity contribution in [3.63, 3.8) is 0 Å². The third kappa shape index (κ3) is 2.70. The Labute approximate surface area is 106 Å². The Hall–Kier alpha value is -1.26. The molecule has 2 rings (SSSR count). The third-order valence-electron chi connectivity index (χ3n) is 2.95. The van der Waals surface area contributed by atoms with Gasteiger partial charge in [-0.3, -0.25) is 4.98 Å². The molecule has 0 bridgehead atoms. The number of nitrogens with two attached hydrogens (primary N) is 1. The van der Waals surface area contributed by atoms with Crippen LogP contribution in [0.5, 0.6) is 0 Å². The van der Waals surface area contributed by atoms with E-state index in [0.717, 1.165) is 22.7 Å². The Morgan fingerprint density at radius 3 is 2.71 bits per heavy atom. The summed E-state index contributed by atoms with van der Waals surface area (Å²) >= 11 is 1.73. The molecule has 2 N–H and O–H groups in total. The fraction of sp³-hybridized carbons (Fsp3) is 0.385. The molecule has 0 aliphatic heterocycles. The molecule has 0 fully saturated rings. The van der Waals surface area contributed by atoms with Crippen LogP contribution in [0.4, 0.5) is 0 Å². The van der Waals surface area contributed by atoms with Gasteiger partial charge < -0.3 is 5.73 Å². The zero-order valence-corrected chi connectivity index (χ0v) is 11.2. The lowest BCUT2D eigenvalue weighted by molar-refractivity contribution is 0.707. The number of aryl methyl sites for hydroxylation is 3. The molecule has 2 heterocycles. The topological polar surface area (TPSA) is 51.8 Å². The first kappa shape index (κ1) is 12.2. The van der Waals surface area contributed by atoms with Crippen LogP contribution in [0.2, 0.25) is 0 Å². The minimum atomic E-state index is -0.0198. The molecule has 0 amide bonds. The molecule has 0 saturated heterocycles. The quantitative estimate of drug-likeness (QED) is 0.907. The molecule has 90 valence electrons. The maximum absolute atomic E-state index is 6.21. The predicted molar refractivity (Wildman–Crippen MR) is 71.2 cm³/mol. The fourth-order valence-electron chi connectivity index (χ4n) is 1.79. The van der Waals surface area contributed by atoms with Gasteiger partial charge in [-0.05, 0) is 38.0 Å². The molecular weight excluding hydrogens is 230 g/mol. The van der Waals surface area contributed by atoms with E-state index in [1.54, 1.807) is 17.5 Å². The number of pyridine rings is 1. The molecule has 2 aromatic rings. The summed E-state index contributed by atoms with van der Waals surface area (Å²) in [6, 6.07) is 1.97. The van der Waals surface area contributed by atoms with Crippen LogP contribution in [-0.4, -0.2) is 9.97 Å². The highest BCUT2D eigenvalue weighted by atomic mass is 32.1. The van der Waals surface area contributed by atoms with Crippen molar-refractivity contribution < 1.29 is 0 Å². The average Bonchev–Trinajstić information content (AvgIpc) is 2.58. The summed E-state index contributed by atoms with van der Waals surface area (Å²) in [5, 5.41) is 1.11. The summed E-state index contributed by atoms with van der Waals surface area (Å²) < 4.78 is 0. The van der Waals surface area contributed by atoms with Gasteiger partial charge in [0.05, 0.1) is 10.7 Å². The smallest absolute Gasteiger partial charge is 0.0949 e. The number of thiazole rings is 1. The molecule has 0 radical (unpaired) electrons. The van der Waals surface area contributed by atoms with Gasteiger partial charge >= 0.3 is 0 Å². The highest BCUT2D eigenvalue weighted by Crippen LogP contribution is 2.23. The van der Waals surface area contributed by atoms with Crippen molar-refractivity contribution in [1.29, 1.82) is 0 Å². The molecular formula is C13H17N3S. The Morgan fingerprint density at radius 2 is 2.12 bits per heavy atom. The first-order valence-electron chi connectivity index (χ1n) is 5.67. The van der Waals surface area contributed by atoms with E-state index in [-0.39, 0.29) is 6.04 Å². The third-order valence-corrected chi connectivity index (χ3v) is 4.04. The highest BCUT2D eigenvalue weighted by Gasteiger charge is 2.13. The molecule has 0 aromatic carbocycles. The van der Waals surface area contributed by atoms with Crippen LogP contribution >= 0.6 is 11.3 Å². The molecule has 3 nitrogen and oxygen atoms in total. The van der Waals surface area contributed by atoms with E-state index in [1.807, 2.05) is 19.2 Å². The molecule has 17 heavy (non-hydrogen) atoms. The minimum absolute atomic E-state index is 0.0198.